The molecule has 2 aliphatic heterocycles. The molecule has 1 aromatic carbocycles. The van der Waals surface area contributed by atoms with Gasteiger partial charge in [-0.25, -0.2) is 4.79 Å². The number of rotatable bonds is 3. The lowest BCUT2D eigenvalue weighted by Gasteiger charge is -2.43. The van der Waals surface area contributed by atoms with Crippen LogP contribution in [-0.2, 0) is 16.1 Å². The Bertz CT molecular complexity index is 618. The molecule has 2 amide bonds. The number of hydrogen-bond acceptors (Lipinski definition) is 3. The predicted molar refractivity (Wildman–Crippen MR) is 89.1 cm³/mol. The molecule has 4 atom stereocenters. The summed E-state index contributed by atoms with van der Waals surface area (Å²) in [7, 11) is 0. The maximum Gasteiger partial charge on any atom is 0.407 e. The number of amides is 2. The summed E-state index contributed by atoms with van der Waals surface area (Å²) in [5, 5.41) is 2.83. The summed E-state index contributed by atoms with van der Waals surface area (Å²) in [5.74, 6) is 0.651. The highest BCUT2D eigenvalue weighted by Gasteiger charge is 2.52. The van der Waals surface area contributed by atoms with E-state index in [4.69, 9.17) is 4.74 Å². The molecule has 3 fully saturated rings. The van der Waals surface area contributed by atoms with Gasteiger partial charge in [-0.2, -0.15) is 0 Å². The number of nitrogens with one attached hydrogen (secondary N) is 1. The van der Waals surface area contributed by atoms with Gasteiger partial charge in [-0.1, -0.05) is 30.3 Å². The van der Waals surface area contributed by atoms with Gasteiger partial charge in [0.1, 0.15) is 6.10 Å². The van der Waals surface area contributed by atoms with Gasteiger partial charge in [0.05, 0.1) is 0 Å². The van der Waals surface area contributed by atoms with Gasteiger partial charge >= 0.3 is 6.09 Å². The maximum absolute atomic E-state index is 12.5. The molecular formula is C19H24N2O3. The van der Waals surface area contributed by atoms with Crippen LogP contribution in [0.4, 0.5) is 4.79 Å². The number of alkyl carbamates (subject to hydrolysis) is 1. The molecule has 24 heavy (non-hydrogen) atoms. The van der Waals surface area contributed by atoms with Crippen LogP contribution in [0.25, 0.3) is 0 Å². The second-order valence-electron chi connectivity index (χ2n) is 7.21. The van der Waals surface area contributed by atoms with Crippen molar-refractivity contribution in [3.63, 3.8) is 0 Å². The minimum atomic E-state index is -0.369. The van der Waals surface area contributed by atoms with Gasteiger partial charge in [-0.05, 0) is 37.7 Å². The zero-order valence-electron chi connectivity index (χ0n) is 13.8. The smallest absolute Gasteiger partial charge is 0.407 e. The van der Waals surface area contributed by atoms with Crippen LogP contribution in [0.15, 0.2) is 30.3 Å². The molecule has 128 valence electrons. The first-order valence-electron chi connectivity index (χ1n) is 9.01. The summed E-state index contributed by atoms with van der Waals surface area (Å²) in [6.07, 6.45) is 4.41. The van der Waals surface area contributed by atoms with E-state index in [0.717, 1.165) is 31.4 Å². The van der Waals surface area contributed by atoms with Crippen molar-refractivity contribution in [2.75, 3.05) is 6.54 Å². The molecule has 1 N–H and O–H groups in total. The number of carbonyl (C=O) groups excluding carboxylic acids is 2. The first kappa shape index (κ1) is 15.5. The Balaban J connectivity index is 1.37. The number of carbonyl (C=O) groups is 2. The van der Waals surface area contributed by atoms with Gasteiger partial charge in [-0.3, -0.25) is 4.79 Å². The van der Waals surface area contributed by atoms with Crippen LogP contribution in [0.5, 0.6) is 0 Å². The molecule has 0 spiro atoms. The highest BCUT2D eigenvalue weighted by atomic mass is 16.6. The molecule has 2 saturated heterocycles. The molecule has 5 nitrogen and oxygen atoms in total. The molecule has 1 saturated carbocycles. The molecule has 0 aromatic heterocycles. The largest absolute Gasteiger partial charge is 0.446 e. The van der Waals surface area contributed by atoms with Crippen LogP contribution in [0.1, 0.15) is 37.7 Å². The third-order valence-electron chi connectivity index (χ3n) is 5.76. The summed E-state index contributed by atoms with van der Waals surface area (Å²) in [6, 6.07) is 10.1. The summed E-state index contributed by atoms with van der Waals surface area (Å²) in [4.78, 5) is 26.8. The minimum absolute atomic E-state index is 0.0521. The Morgan fingerprint density at radius 2 is 2.04 bits per heavy atom. The topological polar surface area (TPSA) is 58.6 Å². The molecule has 0 radical (unpaired) electrons. The number of hydrogen-bond donors (Lipinski definition) is 1. The van der Waals surface area contributed by atoms with Gasteiger partial charge in [0.2, 0.25) is 5.91 Å². The lowest BCUT2D eigenvalue weighted by Crippen LogP contribution is -2.53. The van der Waals surface area contributed by atoms with Gasteiger partial charge in [-0.15, -0.1) is 0 Å². The zero-order valence-corrected chi connectivity index (χ0v) is 13.8. The molecule has 2 heterocycles. The first-order valence-corrected chi connectivity index (χ1v) is 9.01. The third kappa shape index (κ3) is 2.87. The summed E-state index contributed by atoms with van der Waals surface area (Å²) >= 11 is 0. The van der Waals surface area contributed by atoms with E-state index >= 15 is 0 Å². The van der Waals surface area contributed by atoms with E-state index in [2.05, 4.69) is 10.2 Å². The molecule has 2 bridgehead atoms. The van der Waals surface area contributed by atoms with Gasteiger partial charge in [0.15, 0.2) is 0 Å². The Hall–Kier alpha value is -2.04. The van der Waals surface area contributed by atoms with Crippen LogP contribution in [0.2, 0.25) is 0 Å². The number of nitrogens with zero attached hydrogens (tertiary/aromatic N) is 1. The van der Waals surface area contributed by atoms with E-state index in [-0.39, 0.29) is 30.1 Å². The SMILES string of the molecule is O=C(NCc1ccccc1)OC1CC2CC1[C@H]1CCCCN1C2=O. The van der Waals surface area contributed by atoms with Gasteiger partial charge < -0.3 is 15.0 Å². The molecule has 1 aromatic rings. The van der Waals surface area contributed by atoms with E-state index in [0.29, 0.717) is 18.9 Å². The quantitative estimate of drug-likeness (QED) is 0.928. The highest BCUT2D eigenvalue weighted by molar-refractivity contribution is 5.81. The number of piperidine rings is 2. The third-order valence-corrected chi connectivity index (χ3v) is 5.76. The first-order chi connectivity index (χ1) is 11.7. The van der Waals surface area contributed by atoms with Crippen LogP contribution in [0.3, 0.4) is 0 Å². The average Bonchev–Trinajstić information content (AvgIpc) is 2.99. The van der Waals surface area contributed by atoms with Crippen LogP contribution >= 0.6 is 0 Å². The Morgan fingerprint density at radius 3 is 2.88 bits per heavy atom. The second kappa shape index (κ2) is 6.46. The summed E-state index contributed by atoms with van der Waals surface area (Å²) in [5.41, 5.74) is 1.05. The number of ether oxygens (including phenoxy) is 1. The number of benzene rings is 1. The lowest BCUT2D eigenvalue weighted by atomic mass is 9.84. The predicted octanol–water partition coefficient (Wildman–Crippen LogP) is 2.70. The zero-order chi connectivity index (χ0) is 16.5. The second-order valence-corrected chi connectivity index (χ2v) is 7.21. The normalized spacial score (nSPS) is 31.5. The molecule has 3 unspecified atom stereocenters. The van der Waals surface area contributed by atoms with Crippen molar-refractivity contribution in [2.45, 2.75) is 50.8 Å². The van der Waals surface area contributed by atoms with Gasteiger partial charge in [0, 0.05) is 31.0 Å². The average molecular weight is 328 g/mol. The van der Waals surface area contributed by atoms with Gasteiger partial charge in [0.25, 0.3) is 0 Å². The van der Waals surface area contributed by atoms with Crippen LogP contribution < -0.4 is 5.32 Å². The maximum atomic E-state index is 12.5. The molecule has 4 rings (SSSR count). The molecule has 1 aliphatic carbocycles. The highest BCUT2D eigenvalue weighted by Crippen LogP contribution is 2.45. The van der Waals surface area contributed by atoms with E-state index in [9.17, 15) is 9.59 Å². The fourth-order valence-corrected chi connectivity index (χ4v) is 4.63. The van der Waals surface area contributed by atoms with Crippen molar-refractivity contribution in [3.8, 4) is 0 Å². The van der Waals surface area contributed by atoms with E-state index in [1.54, 1.807) is 0 Å². The van der Waals surface area contributed by atoms with E-state index in [1.807, 2.05) is 30.3 Å². The van der Waals surface area contributed by atoms with Crippen LogP contribution in [-0.4, -0.2) is 35.6 Å². The Labute approximate surface area is 142 Å². The molecule has 5 heteroatoms. The van der Waals surface area contributed by atoms with Crippen molar-refractivity contribution in [1.82, 2.24) is 10.2 Å². The fraction of sp³-hybridized carbons (Fsp3) is 0.579. The van der Waals surface area contributed by atoms with Crippen molar-refractivity contribution in [1.29, 1.82) is 0 Å². The van der Waals surface area contributed by atoms with E-state index in [1.165, 1.54) is 6.42 Å². The minimum Gasteiger partial charge on any atom is -0.446 e. The summed E-state index contributed by atoms with van der Waals surface area (Å²) < 4.78 is 5.72. The Morgan fingerprint density at radius 1 is 1.21 bits per heavy atom. The molecule has 3 aliphatic rings. The summed E-state index contributed by atoms with van der Waals surface area (Å²) in [6.45, 7) is 1.35. The standard InChI is InChI=1S/C19H24N2O3/c22-18-14-10-15(16-8-4-5-9-21(16)18)17(11-14)24-19(23)20-12-13-6-2-1-3-7-13/h1-3,6-7,14-17H,4-5,8-12H2,(H,20,23)/t14?,15?,16-,17?/m1/s1. The van der Waals surface area contributed by atoms with Crippen molar-refractivity contribution in [3.05, 3.63) is 35.9 Å². The van der Waals surface area contributed by atoms with Crippen molar-refractivity contribution >= 4 is 12.0 Å². The number of fused-ring (bicyclic) bond motifs is 4. The monoisotopic (exact) mass is 328 g/mol. The van der Waals surface area contributed by atoms with Crippen LogP contribution in [0, 0.1) is 11.8 Å². The Kier molecular flexibility index (Phi) is 4.17. The van der Waals surface area contributed by atoms with Crippen molar-refractivity contribution < 1.29 is 14.3 Å². The molecular weight excluding hydrogens is 304 g/mol. The fourth-order valence-electron chi connectivity index (χ4n) is 4.63. The van der Waals surface area contributed by atoms with E-state index < -0.39 is 0 Å². The van der Waals surface area contributed by atoms with Crippen molar-refractivity contribution in [2.24, 2.45) is 11.8 Å². The lowest BCUT2D eigenvalue weighted by molar-refractivity contribution is -0.143.